The predicted octanol–water partition coefficient (Wildman–Crippen LogP) is 3.89. The molecule has 0 aliphatic heterocycles. The number of aliphatic hydroxyl groups excluding tert-OH is 2. The van der Waals surface area contributed by atoms with Crippen LogP contribution in [0.1, 0.15) is 71.6 Å². The summed E-state index contributed by atoms with van der Waals surface area (Å²) in [5.41, 5.74) is 0. The van der Waals surface area contributed by atoms with Crippen LogP contribution in [0.15, 0.2) is 24.3 Å². The molecule has 0 aromatic rings. The van der Waals surface area contributed by atoms with Crippen molar-refractivity contribution in [2.24, 2.45) is 17.8 Å². The van der Waals surface area contributed by atoms with Gasteiger partial charge in [0.1, 0.15) is 5.78 Å². The molecule has 1 rings (SSSR count). The second-order valence-corrected chi connectivity index (χ2v) is 7.88. The molecule has 5 atom stereocenters. The van der Waals surface area contributed by atoms with Gasteiger partial charge in [0.25, 0.3) is 0 Å². The molecule has 0 amide bonds. The number of allylic oxidation sites excluding steroid dienone is 1. The normalized spacial score (nSPS) is 25.5. The van der Waals surface area contributed by atoms with Crippen molar-refractivity contribution >= 4 is 11.8 Å². The Labute approximate surface area is 163 Å². The number of ketones is 1. The first kappa shape index (κ1) is 23.6. The summed E-state index contributed by atoms with van der Waals surface area (Å²) in [5.74, 6) is -0.840. The Morgan fingerprint density at radius 1 is 1.30 bits per heavy atom. The van der Waals surface area contributed by atoms with Crippen LogP contribution in [0.2, 0.25) is 0 Å². The van der Waals surface area contributed by atoms with Crippen molar-refractivity contribution in [3.05, 3.63) is 24.3 Å². The van der Waals surface area contributed by atoms with Gasteiger partial charge in [-0.15, -0.1) is 0 Å². The number of aliphatic carboxylic acids is 1. The van der Waals surface area contributed by atoms with Gasteiger partial charge < -0.3 is 15.3 Å². The molecule has 0 aromatic carbocycles. The van der Waals surface area contributed by atoms with E-state index in [0.29, 0.717) is 25.2 Å². The lowest BCUT2D eigenvalue weighted by molar-refractivity contribution is -0.131. The van der Waals surface area contributed by atoms with Gasteiger partial charge in [-0.2, -0.15) is 0 Å². The van der Waals surface area contributed by atoms with Crippen molar-refractivity contribution in [3.8, 4) is 0 Å². The van der Waals surface area contributed by atoms with Crippen LogP contribution in [-0.2, 0) is 9.59 Å². The van der Waals surface area contributed by atoms with E-state index in [-0.39, 0.29) is 24.0 Å². The molecular formula is C22H36O5. The number of aliphatic hydroxyl groups is 2. The van der Waals surface area contributed by atoms with Gasteiger partial charge in [-0.05, 0) is 31.6 Å². The van der Waals surface area contributed by atoms with Gasteiger partial charge in [0.15, 0.2) is 0 Å². The number of carboxylic acid groups (broad SMARTS) is 1. The Balaban J connectivity index is 2.47. The number of carboxylic acids is 1. The molecule has 0 aromatic heterocycles. The average Bonchev–Trinajstić information content (AvgIpc) is 2.87. The zero-order valence-electron chi connectivity index (χ0n) is 16.7. The van der Waals surface area contributed by atoms with Gasteiger partial charge >= 0.3 is 5.97 Å². The number of carbonyl (C=O) groups excluding carboxylic acids is 1. The maximum Gasteiger partial charge on any atom is 0.327 e. The Morgan fingerprint density at radius 3 is 2.70 bits per heavy atom. The Hall–Kier alpha value is -1.46. The first-order chi connectivity index (χ1) is 12.8. The molecular weight excluding hydrogens is 344 g/mol. The minimum Gasteiger partial charge on any atom is -0.478 e. The summed E-state index contributed by atoms with van der Waals surface area (Å²) in [5, 5.41) is 29.0. The summed E-state index contributed by atoms with van der Waals surface area (Å²) in [6.45, 7) is 4.30. The highest BCUT2D eigenvalue weighted by molar-refractivity contribution is 5.84. The minimum absolute atomic E-state index is 0.0871. The smallest absolute Gasteiger partial charge is 0.327 e. The number of hydrogen-bond acceptors (Lipinski definition) is 4. The first-order valence-electron chi connectivity index (χ1n) is 10.3. The van der Waals surface area contributed by atoms with Crippen LogP contribution < -0.4 is 0 Å². The number of carbonyl (C=O) groups is 2. The van der Waals surface area contributed by atoms with Crippen molar-refractivity contribution in [3.63, 3.8) is 0 Å². The molecule has 0 bridgehead atoms. The zero-order valence-corrected chi connectivity index (χ0v) is 16.7. The van der Waals surface area contributed by atoms with E-state index in [4.69, 9.17) is 5.11 Å². The van der Waals surface area contributed by atoms with E-state index in [0.717, 1.165) is 38.2 Å². The molecule has 0 saturated heterocycles. The van der Waals surface area contributed by atoms with Crippen molar-refractivity contribution < 1.29 is 24.9 Å². The first-order valence-corrected chi connectivity index (χ1v) is 10.3. The molecule has 1 aliphatic carbocycles. The fraction of sp³-hybridized carbons (Fsp3) is 0.727. The molecule has 3 N–H and O–H groups in total. The van der Waals surface area contributed by atoms with Crippen LogP contribution >= 0.6 is 0 Å². The topological polar surface area (TPSA) is 94.8 Å². The lowest BCUT2D eigenvalue weighted by Gasteiger charge is -2.18. The molecule has 1 fully saturated rings. The fourth-order valence-electron chi connectivity index (χ4n) is 3.82. The highest BCUT2D eigenvalue weighted by Crippen LogP contribution is 2.34. The van der Waals surface area contributed by atoms with Crippen LogP contribution in [0.4, 0.5) is 0 Å². The number of Topliss-reactive ketones (excluding diaryl/α,β-unsaturated/α-hetero) is 1. The maximum atomic E-state index is 12.2. The molecule has 27 heavy (non-hydrogen) atoms. The quantitative estimate of drug-likeness (QED) is 0.256. The minimum atomic E-state index is -0.947. The number of unbranched alkanes of at least 4 members (excludes halogenated alkanes) is 3. The largest absolute Gasteiger partial charge is 0.478 e. The Kier molecular flexibility index (Phi) is 11.2. The fourth-order valence-corrected chi connectivity index (χ4v) is 3.82. The second-order valence-electron chi connectivity index (χ2n) is 7.88. The highest BCUT2D eigenvalue weighted by atomic mass is 16.4. The molecule has 0 spiro atoms. The van der Waals surface area contributed by atoms with Crippen molar-refractivity contribution in [2.75, 3.05) is 0 Å². The van der Waals surface area contributed by atoms with Gasteiger partial charge in [0.05, 0.1) is 12.2 Å². The summed E-state index contributed by atoms with van der Waals surface area (Å²) >= 11 is 0. The predicted molar refractivity (Wildman–Crippen MR) is 106 cm³/mol. The van der Waals surface area contributed by atoms with Crippen LogP contribution in [0.3, 0.4) is 0 Å². The molecule has 0 heterocycles. The zero-order chi connectivity index (χ0) is 20.2. The van der Waals surface area contributed by atoms with Gasteiger partial charge in [0, 0.05) is 24.3 Å². The molecule has 0 unspecified atom stereocenters. The monoisotopic (exact) mass is 380 g/mol. The molecule has 1 saturated carbocycles. The number of hydrogen-bond donors (Lipinski definition) is 3. The average molecular weight is 381 g/mol. The van der Waals surface area contributed by atoms with Crippen molar-refractivity contribution in [1.82, 2.24) is 0 Å². The van der Waals surface area contributed by atoms with Crippen LogP contribution in [0.25, 0.3) is 0 Å². The Bertz CT molecular complexity index is 511. The molecule has 5 nitrogen and oxygen atoms in total. The van der Waals surface area contributed by atoms with Crippen LogP contribution in [0, 0.1) is 17.8 Å². The third kappa shape index (κ3) is 9.34. The van der Waals surface area contributed by atoms with E-state index in [2.05, 4.69) is 13.8 Å². The third-order valence-electron chi connectivity index (χ3n) is 5.38. The Morgan fingerprint density at radius 2 is 2.04 bits per heavy atom. The summed E-state index contributed by atoms with van der Waals surface area (Å²) in [6.07, 6.45) is 12.4. The second kappa shape index (κ2) is 12.8. The van der Waals surface area contributed by atoms with E-state index in [9.17, 15) is 19.8 Å². The van der Waals surface area contributed by atoms with E-state index in [1.807, 2.05) is 6.08 Å². The van der Waals surface area contributed by atoms with E-state index < -0.39 is 18.2 Å². The van der Waals surface area contributed by atoms with Crippen molar-refractivity contribution in [2.45, 2.75) is 83.8 Å². The highest BCUT2D eigenvalue weighted by Gasteiger charge is 2.39. The van der Waals surface area contributed by atoms with Crippen LogP contribution in [-0.4, -0.2) is 39.3 Å². The molecule has 5 heteroatoms. The van der Waals surface area contributed by atoms with Gasteiger partial charge in [-0.25, -0.2) is 4.79 Å². The summed E-state index contributed by atoms with van der Waals surface area (Å²) < 4.78 is 0. The van der Waals surface area contributed by atoms with Crippen LogP contribution in [0.5, 0.6) is 0 Å². The van der Waals surface area contributed by atoms with E-state index in [1.54, 1.807) is 12.2 Å². The third-order valence-corrected chi connectivity index (χ3v) is 5.38. The number of rotatable bonds is 13. The van der Waals surface area contributed by atoms with Gasteiger partial charge in [-0.3, -0.25) is 4.79 Å². The van der Waals surface area contributed by atoms with Crippen molar-refractivity contribution in [1.29, 1.82) is 0 Å². The molecule has 1 aliphatic rings. The lowest BCUT2D eigenvalue weighted by atomic mass is 9.88. The SMILES string of the molecule is CCCC[C@H](C)C[C@H](O)C=C[C@H]1[C@H](O)CC(=O)[C@@H]1CCCC/C=C/C(=O)O. The standard InChI is InChI=1S/C22H36O5/c1-3-4-9-16(2)14-17(23)12-13-19-18(20(24)15-21(19)25)10-7-5-6-8-11-22(26)27/h8,11-13,16-19,21,23,25H,3-7,9-10,14-15H2,1-2H3,(H,26,27)/b11-8+,13-12?/t16-,17+,18+,19+,21+/m0/s1. The lowest BCUT2D eigenvalue weighted by Crippen LogP contribution is -2.19. The van der Waals surface area contributed by atoms with Gasteiger partial charge in [0.2, 0.25) is 0 Å². The summed E-state index contributed by atoms with van der Waals surface area (Å²) in [7, 11) is 0. The molecule has 154 valence electrons. The summed E-state index contributed by atoms with van der Waals surface area (Å²) in [4.78, 5) is 22.6. The maximum absolute atomic E-state index is 12.2. The molecule has 0 radical (unpaired) electrons. The van der Waals surface area contributed by atoms with E-state index in [1.165, 1.54) is 0 Å². The van der Waals surface area contributed by atoms with E-state index >= 15 is 0 Å². The summed E-state index contributed by atoms with van der Waals surface area (Å²) in [6, 6.07) is 0. The van der Waals surface area contributed by atoms with Gasteiger partial charge in [-0.1, -0.05) is 57.8 Å².